The van der Waals surface area contributed by atoms with Crippen molar-refractivity contribution >= 4 is 10.0 Å². The van der Waals surface area contributed by atoms with Crippen LogP contribution >= 0.6 is 0 Å². The summed E-state index contributed by atoms with van der Waals surface area (Å²) in [5.74, 6) is 0.681. The fourth-order valence-corrected chi connectivity index (χ4v) is 3.82. The van der Waals surface area contributed by atoms with Crippen molar-refractivity contribution in [3.8, 4) is 5.75 Å². The fraction of sp³-hybridized carbons (Fsp3) is 0.625. The van der Waals surface area contributed by atoms with E-state index in [0.717, 1.165) is 6.42 Å². The highest BCUT2D eigenvalue weighted by atomic mass is 32.2. The average molecular weight is 342 g/mol. The molecule has 0 radical (unpaired) electrons. The van der Waals surface area contributed by atoms with Gasteiger partial charge in [0.25, 0.3) is 0 Å². The zero-order valence-electron chi connectivity index (χ0n) is 13.7. The number of ether oxygens (including phenoxy) is 1. The van der Waals surface area contributed by atoms with Crippen LogP contribution < -0.4 is 15.2 Å². The van der Waals surface area contributed by atoms with E-state index in [1.165, 1.54) is 0 Å². The summed E-state index contributed by atoms with van der Waals surface area (Å²) in [6.45, 7) is 4.12. The van der Waals surface area contributed by atoms with Crippen molar-refractivity contribution in [2.24, 2.45) is 5.73 Å². The minimum Gasteiger partial charge on any atom is -0.492 e. The van der Waals surface area contributed by atoms with Crippen molar-refractivity contribution in [3.05, 3.63) is 29.8 Å². The lowest BCUT2D eigenvalue weighted by Gasteiger charge is -2.31. The normalized spacial score (nSPS) is 25.0. The van der Waals surface area contributed by atoms with E-state index in [0.29, 0.717) is 37.3 Å². The van der Waals surface area contributed by atoms with E-state index in [1.54, 1.807) is 38.1 Å². The summed E-state index contributed by atoms with van der Waals surface area (Å²) in [6.07, 6.45) is 1.92. The van der Waals surface area contributed by atoms with Gasteiger partial charge in [-0.2, -0.15) is 0 Å². The third kappa shape index (κ3) is 4.03. The number of nitrogens with one attached hydrogen (secondary N) is 1. The van der Waals surface area contributed by atoms with Gasteiger partial charge in [-0.05, 0) is 50.8 Å². The molecular formula is C16H26N2O4S. The van der Waals surface area contributed by atoms with Crippen LogP contribution in [0, 0.1) is 0 Å². The number of sulfonamides is 1. The predicted molar refractivity (Wildman–Crippen MR) is 89.7 cm³/mol. The summed E-state index contributed by atoms with van der Waals surface area (Å²) >= 11 is 0. The summed E-state index contributed by atoms with van der Waals surface area (Å²) in [5.41, 5.74) is 4.91. The van der Waals surface area contributed by atoms with Gasteiger partial charge < -0.3 is 15.6 Å². The van der Waals surface area contributed by atoms with Crippen molar-refractivity contribution in [3.63, 3.8) is 0 Å². The Balaban J connectivity index is 2.18. The smallest absolute Gasteiger partial charge is 0.214 e. The number of hydrogen-bond acceptors (Lipinski definition) is 5. The minimum atomic E-state index is -3.43. The van der Waals surface area contributed by atoms with E-state index in [2.05, 4.69) is 4.72 Å². The van der Waals surface area contributed by atoms with Gasteiger partial charge in [-0.3, -0.25) is 0 Å². The van der Waals surface area contributed by atoms with E-state index >= 15 is 0 Å². The van der Waals surface area contributed by atoms with Gasteiger partial charge in [0.2, 0.25) is 10.0 Å². The van der Waals surface area contributed by atoms with Crippen LogP contribution in [-0.2, 0) is 15.6 Å². The molecule has 23 heavy (non-hydrogen) atoms. The minimum absolute atomic E-state index is 0.431. The van der Waals surface area contributed by atoms with Crippen LogP contribution in [0.2, 0.25) is 0 Å². The van der Waals surface area contributed by atoms with Crippen molar-refractivity contribution < 1.29 is 18.3 Å². The molecule has 1 aliphatic carbocycles. The zero-order valence-corrected chi connectivity index (χ0v) is 14.5. The zero-order chi connectivity index (χ0) is 17.1. The Morgan fingerprint density at radius 1 is 1.39 bits per heavy atom. The molecule has 130 valence electrons. The van der Waals surface area contributed by atoms with Crippen molar-refractivity contribution in [2.45, 2.75) is 50.0 Å². The summed E-state index contributed by atoms with van der Waals surface area (Å²) in [5, 5.41) is 10.5. The van der Waals surface area contributed by atoms with Crippen LogP contribution in [0.5, 0.6) is 5.75 Å². The highest BCUT2D eigenvalue weighted by Crippen LogP contribution is 2.39. The van der Waals surface area contributed by atoms with E-state index < -0.39 is 26.9 Å². The molecule has 0 heterocycles. The summed E-state index contributed by atoms with van der Waals surface area (Å²) < 4.78 is 32.3. The Morgan fingerprint density at radius 2 is 2.04 bits per heavy atom. The largest absolute Gasteiger partial charge is 0.492 e. The molecule has 2 unspecified atom stereocenters. The molecule has 1 saturated carbocycles. The lowest BCUT2D eigenvalue weighted by molar-refractivity contribution is 0.0230. The third-order valence-electron chi connectivity index (χ3n) is 4.30. The van der Waals surface area contributed by atoms with Gasteiger partial charge >= 0.3 is 0 Å². The molecule has 7 heteroatoms. The molecule has 0 bridgehead atoms. The second-order valence-corrected chi connectivity index (χ2v) is 8.51. The summed E-state index contributed by atoms with van der Waals surface area (Å²) in [7, 11) is -3.43. The molecule has 0 aromatic heterocycles. The predicted octanol–water partition coefficient (Wildman–Crippen LogP) is 1.09. The molecule has 0 saturated heterocycles. The maximum Gasteiger partial charge on any atom is 0.214 e. The number of benzene rings is 1. The van der Waals surface area contributed by atoms with Crippen molar-refractivity contribution in [2.75, 3.05) is 13.2 Å². The second kappa shape index (κ2) is 7.17. The van der Waals surface area contributed by atoms with Crippen LogP contribution in [0.4, 0.5) is 0 Å². The van der Waals surface area contributed by atoms with Crippen LogP contribution in [0.25, 0.3) is 0 Å². The number of hydrogen-bond donors (Lipinski definition) is 3. The van der Waals surface area contributed by atoms with Crippen LogP contribution in [0.3, 0.4) is 0 Å². The number of rotatable bonds is 7. The lowest BCUT2D eigenvalue weighted by atomic mass is 9.89. The highest BCUT2D eigenvalue weighted by molar-refractivity contribution is 7.90. The fourth-order valence-electron chi connectivity index (χ4n) is 2.84. The third-order valence-corrected chi connectivity index (χ3v) is 6.15. The quantitative estimate of drug-likeness (QED) is 0.688. The Labute approximate surface area is 138 Å². The van der Waals surface area contributed by atoms with Gasteiger partial charge in [-0.1, -0.05) is 12.1 Å². The van der Waals surface area contributed by atoms with Gasteiger partial charge in [0.15, 0.2) is 0 Å². The molecule has 2 atom stereocenters. The lowest BCUT2D eigenvalue weighted by Crippen LogP contribution is -2.48. The molecule has 1 aromatic rings. The maximum atomic E-state index is 12.1. The van der Waals surface area contributed by atoms with Gasteiger partial charge in [-0.15, -0.1) is 0 Å². The van der Waals surface area contributed by atoms with E-state index in [1.807, 2.05) is 0 Å². The highest BCUT2D eigenvalue weighted by Gasteiger charge is 2.44. The Bertz CT molecular complexity index is 615. The summed E-state index contributed by atoms with van der Waals surface area (Å²) in [4.78, 5) is 0. The second-order valence-electron chi connectivity index (χ2n) is 6.24. The van der Waals surface area contributed by atoms with Crippen molar-refractivity contribution in [1.29, 1.82) is 0 Å². The topological polar surface area (TPSA) is 102 Å². The molecule has 1 aromatic carbocycles. The molecule has 0 spiro atoms. The van der Waals surface area contributed by atoms with E-state index in [4.69, 9.17) is 10.5 Å². The van der Waals surface area contributed by atoms with Gasteiger partial charge in [0.1, 0.15) is 18.0 Å². The molecule has 1 fully saturated rings. The van der Waals surface area contributed by atoms with Crippen LogP contribution in [-0.4, -0.2) is 38.0 Å². The number of aliphatic hydroxyl groups is 1. The Kier molecular flexibility index (Phi) is 5.67. The number of nitrogens with two attached hydrogens (primary N) is 1. The van der Waals surface area contributed by atoms with Crippen LogP contribution in [0.1, 0.15) is 38.7 Å². The van der Waals surface area contributed by atoms with E-state index in [9.17, 15) is 13.5 Å². The first-order valence-electron chi connectivity index (χ1n) is 7.96. The molecule has 4 N–H and O–H groups in total. The summed E-state index contributed by atoms with van der Waals surface area (Å²) in [6, 6.07) is 6.61. The first kappa shape index (κ1) is 18.2. The molecule has 0 aliphatic heterocycles. The van der Waals surface area contributed by atoms with Gasteiger partial charge in [0, 0.05) is 6.54 Å². The van der Waals surface area contributed by atoms with Gasteiger partial charge in [0.05, 0.1) is 11.3 Å². The molecule has 2 rings (SSSR count). The Hall–Kier alpha value is -1.15. The monoisotopic (exact) mass is 342 g/mol. The first-order valence-corrected chi connectivity index (χ1v) is 9.51. The van der Waals surface area contributed by atoms with Crippen LogP contribution in [0.15, 0.2) is 24.3 Å². The average Bonchev–Trinajstić information content (AvgIpc) is 2.87. The molecular weight excluding hydrogens is 316 g/mol. The molecule has 0 amide bonds. The molecule has 1 aliphatic rings. The standard InChI is InChI=1S/C16H26N2O4S/c1-12(2)23(20,21)18-15-4-3-9-16(15,19)13-5-7-14(8-6-13)22-11-10-17/h5-8,12,15,18-19H,3-4,9-11,17H2,1-2H3. The van der Waals surface area contributed by atoms with E-state index in [-0.39, 0.29) is 0 Å². The van der Waals surface area contributed by atoms with Gasteiger partial charge in [-0.25, -0.2) is 13.1 Å². The Morgan fingerprint density at radius 3 is 2.61 bits per heavy atom. The molecule has 6 nitrogen and oxygen atoms in total. The van der Waals surface area contributed by atoms with Crippen molar-refractivity contribution in [1.82, 2.24) is 4.72 Å². The first-order chi connectivity index (χ1) is 10.8. The maximum absolute atomic E-state index is 12.1. The SMILES string of the molecule is CC(C)S(=O)(=O)NC1CCCC1(O)c1ccc(OCCN)cc1.